The molecule has 0 aromatic heterocycles. The van der Waals surface area contributed by atoms with Gasteiger partial charge in [0, 0.05) is 31.1 Å². The van der Waals surface area contributed by atoms with Gasteiger partial charge in [0.05, 0.1) is 25.2 Å². The molecule has 0 spiro atoms. The van der Waals surface area contributed by atoms with Crippen molar-refractivity contribution in [2.75, 3.05) is 33.4 Å². The fourth-order valence-corrected chi connectivity index (χ4v) is 5.10. The quantitative estimate of drug-likeness (QED) is 0.781. The Morgan fingerprint density at radius 1 is 1.24 bits per heavy atom. The lowest BCUT2D eigenvalue weighted by Gasteiger charge is -2.59. The van der Waals surface area contributed by atoms with E-state index in [0.717, 1.165) is 36.8 Å². The molecule has 0 unspecified atom stereocenters. The van der Waals surface area contributed by atoms with Crippen molar-refractivity contribution in [3.05, 3.63) is 35.4 Å². The van der Waals surface area contributed by atoms with Crippen LogP contribution in [0, 0.1) is 17.8 Å². The van der Waals surface area contributed by atoms with Crippen molar-refractivity contribution in [3.63, 3.8) is 0 Å². The van der Waals surface area contributed by atoms with Crippen LogP contribution in [-0.2, 0) is 14.3 Å². The molecule has 2 amide bonds. The van der Waals surface area contributed by atoms with Crippen molar-refractivity contribution in [1.29, 1.82) is 0 Å². The van der Waals surface area contributed by atoms with Gasteiger partial charge in [-0.15, -0.1) is 0 Å². The Morgan fingerprint density at radius 3 is 2.62 bits per heavy atom. The van der Waals surface area contributed by atoms with E-state index >= 15 is 0 Å². The molecule has 6 nitrogen and oxygen atoms in total. The van der Waals surface area contributed by atoms with E-state index in [2.05, 4.69) is 11.8 Å². The molecule has 0 bridgehead atoms. The molecule has 3 atom stereocenters. The third-order valence-corrected chi connectivity index (χ3v) is 6.51. The Bertz CT molecular complexity index is 820. The van der Waals surface area contributed by atoms with Crippen LogP contribution in [0.4, 0.5) is 0 Å². The first-order valence-electron chi connectivity index (χ1n) is 10.4. The van der Waals surface area contributed by atoms with E-state index in [1.807, 2.05) is 24.3 Å². The minimum atomic E-state index is -0.221. The first kappa shape index (κ1) is 19.9. The SMILES string of the molecule is COCC#Cc1ccc([C@@H]2[C@H]3CN(C(=O)C4CCCC4)CC(=O)N3[C@H]2CO)cc1. The van der Waals surface area contributed by atoms with E-state index in [4.69, 9.17) is 4.74 Å². The van der Waals surface area contributed by atoms with E-state index in [1.54, 1.807) is 16.9 Å². The summed E-state index contributed by atoms with van der Waals surface area (Å²) in [7, 11) is 1.61. The van der Waals surface area contributed by atoms with Crippen molar-refractivity contribution in [2.24, 2.45) is 5.92 Å². The van der Waals surface area contributed by atoms with Gasteiger partial charge < -0.3 is 19.6 Å². The minimum absolute atomic E-state index is 0.0316. The number of benzene rings is 1. The van der Waals surface area contributed by atoms with Crippen molar-refractivity contribution < 1.29 is 19.4 Å². The average Bonchev–Trinajstić information content (AvgIpc) is 3.25. The second-order valence-corrected chi connectivity index (χ2v) is 8.20. The zero-order valence-electron chi connectivity index (χ0n) is 16.8. The van der Waals surface area contributed by atoms with Crippen LogP contribution < -0.4 is 0 Å². The summed E-state index contributed by atoms with van der Waals surface area (Å²) < 4.78 is 4.95. The van der Waals surface area contributed by atoms with Gasteiger partial charge in [0.15, 0.2) is 0 Å². The third-order valence-electron chi connectivity index (χ3n) is 6.51. The molecule has 6 heteroatoms. The molecule has 1 aromatic carbocycles. The van der Waals surface area contributed by atoms with Gasteiger partial charge in [-0.25, -0.2) is 0 Å². The summed E-state index contributed by atoms with van der Waals surface area (Å²) in [6.45, 7) is 1.01. The number of ether oxygens (including phenoxy) is 1. The van der Waals surface area contributed by atoms with Crippen LogP contribution >= 0.6 is 0 Å². The number of hydrogen-bond acceptors (Lipinski definition) is 4. The molecule has 2 heterocycles. The topological polar surface area (TPSA) is 70.1 Å². The van der Waals surface area contributed by atoms with Crippen molar-refractivity contribution in [2.45, 2.75) is 43.7 Å². The molecule has 2 aliphatic heterocycles. The van der Waals surface area contributed by atoms with Crippen molar-refractivity contribution in [3.8, 4) is 11.8 Å². The van der Waals surface area contributed by atoms with E-state index in [9.17, 15) is 14.7 Å². The summed E-state index contributed by atoms with van der Waals surface area (Å²) in [6, 6.07) is 7.67. The molecular weight excluding hydrogens is 368 g/mol. The number of aliphatic hydroxyl groups is 1. The number of nitrogens with zero attached hydrogens (tertiary/aromatic N) is 2. The maximum atomic E-state index is 12.9. The lowest BCUT2D eigenvalue weighted by Crippen LogP contribution is -2.73. The van der Waals surface area contributed by atoms with Crippen LogP contribution in [0.25, 0.3) is 0 Å². The zero-order chi connectivity index (χ0) is 20.4. The minimum Gasteiger partial charge on any atom is -0.394 e. The number of hydrogen-bond donors (Lipinski definition) is 1. The third kappa shape index (κ3) is 3.77. The van der Waals surface area contributed by atoms with E-state index in [-0.39, 0.29) is 48.9 Å². The van der Waals surface area contributed by atoms with Crippen LogP contribution in [0.3, 0.4) is 0 Å². The van der Waals surface area contributed by atoms with Gasteiger partial charge in [-0.2, -0.15) is 0 Å². The van der Waals surface area contributed by atoms with Gasteiger partial charge in [-0.1, -0.05) is 36.8 Å². The Balaban J connectivity index is 1.50. The van der Waals surface area contributed by atoms with Gasteiger partial charge in [0.25, 0.3) is 0 Å². The second-order valence-electron chi connectivity index (χ2n) is 8.20. The van der Waals surface area contributed by atoms with E-state index in [1.165, 1.54) is 0 Å². The van der Waals surface area contributed by atoms with Crippen LogP contribution in [0.1, 0.15) is 42.7 Å². The monoisotopic (exact) mass is 396 g/mol. The van der Waals surface area contributed by atoms with Crippen LogP contribution in [0.2, 0.25) is 0 Å². The number of fused-ring (bicyclic) bond motifs is 1. The lowest BCUT2D eigenvalue weighted by molar-refractivity contribution is -0.168. The smallest absolute Gasteiger partial charge is 0.242 e. The maximum absolute atomic E-state index is 12.9. The average molecular weight is 396 g/mol. The predicted molar refractivity (Wildman–Crippen MR) is 108 cm³/mol. The molecule has 3 aliphatic rings. The predicted octanol–water partition coefficient (Wildman–Crippen LogP) is 1.37. The fourth-order valence-electron chi connectivity index (χ4n) is 5.10. The number of aliphatic hydroxyl groups excluding tert-OH is 1. The Morgan fingerprint density at radius 2 is 1.97 bits per heavy atom. The molecular formula is C23H28N2O4. The van der Waals surface area contributed by atoms with Gasteiger partial charge in [0.1, 0.15) is 6.61 Å². The van der Waals surface area contributed by atoms with Gasteiger partial charge in [0.2, 0.25) is 11.8 Å². The number of rotatable bonds is 4. The zero-order valence-corrected chi connectivity index (χ0v) is 16.8. The molecule has 29 heavy (non-hydrogen) atoms. The summed E-state index contributed by atoms with van der Waals surface area (Å²) in [5.74, 6) is 6.17. The number of carbonyl (C=O) groups excluding carboxylic acids is 2. The molecule has 154 valence electrons. The van der Waals surface area contributed by atoms with Crippen molar-refractivity contribution >= 4 is 11.8 Å². The Kier molecular flexibility index (Phi) is 5.89. The first-order valence-corrected chi connectivity index (χ1v) is 10.4. The molecule has 0 radical (unpaired) electrons. The molecule has 1 aliphatic carbocycles. The lowest BCUT2D eigenvalue weighted by atomic mass is 9.73. The molecule has 1 N–H and O–H groups in total. The summed E-state index contributed by atoms with van der Waals surface area (Å²) in [4.78, 5) is 29.1. The largest absolute Gasteiger partial charge is 0.394 e. The normalized spacial score (nSPS) is 26.6. The van der Waals surface area contributed by atoms with Crippen LogP contribution in [0.15, 0.2) is 24.3 Å². The highest BCUT2D eigenvalue weighted by Crippen LogP contribution is 2.43. The second kappa shape index (κ2) is 8.56. The van der Waals surface area contributed by atoms with Crippen LogP contribution in [0.5, 0.6) is 0 Å². The maximum Gasteiger partial charge on any atom is 0.242 e. The number of methoxy groups -OCH3 is 1. The number of carbonyl (C=O) groups is 2. The molecule has 2 saturated heterocycles. The molecule has 1 saturated carbocycles. The summed E-state index contributed by atoms with van der Waals surface area (Å²) in [5, 5.41) is 9.91. The number of amides is 2. The highest BCUT2D eigenvalue weighted by atomic mass is 16.5. The highest BCUT2D eigenvalue weighted by Gasteiger charge is 2.54. The fraction of sp³-hybridized carbons (Fsp3) is 0.565. The van der Waals surface area contributed by atoms with Crippen molar-refractivity contribution in [1.82, 2.24) is 9.80 Å². The van der Waals surface area contributed by atoms with E-state index in [0.29, 0.717) is 13.2 Å². The molecule has 3 fully saturated rings. The summed E-state index contributed by atoms with van der Waals surface area (Å²) >= 11 is 0. The standard InChI is InChI=1S/C23H28N2O4/c1-29-12-4-5-16-8-10-17(11-9-16)22-19-13-24(23(28)18-6-2-3-7-18)14-21(27)25(19)20(22)15-26/h8-11,18-20,22,26H,2-3,6-7,12-15H2,1H3/t19-,20+,22-/m1/s1. The van der Waals surface area contributed by atoms with E-state index < -0.39 is 0 Å². The summed E-state index contributed by atoms with van der Waals surface area (Å²) in [6.07, 6.45) is 4.07. The van der Waals surface area contributed by atoms with Crippen LogP contribution in [-0.4, -0.2) is 72.2 Å². The molecule has 4 rings (SSSR count). The highest BCUT2D eigenvalue weighted by molar-refractivity contribution is 5.88. The number of piperazine rings is 1. The van der Waals surface area contributed by atoms with Gasteiger partial charge in [-0.05, 0) is 30.5 Å². The Labute approximate surface area is 171 Å². The van der Waals surface area contributed by atoms with Gasteiger partial charge in [-0.3, -0.25) is 9.59 Å². The summed E-state index contributed by atoms with van der Waals surface area (Å²) in [5.41, 5.74) is 1.98. The molecule has 1 aromatic rings. The first-order chi connectivity index (χ1) is 14.1. The van der Waals surface area contributed by atoms with Gasteiger partial charge >= 0.3 is 0 Å². The Hall–Kier alpha value is -2.36.